The molecule has 0 unspecified atom stereocenters. The number of hydrogen-bond donors (Lipinski definition) is 2. The predicted octanol–water partition coefficient (Wildman–Crippen LogP) is 2.70. The summed E-state index contributed by atoms with van der Waals surface area (Å²) in [6.07, 6.45) is 0. The summed E-state index contributed by atoms with van der Waals surface area (Å²) in [6, 6.07) is 13.4. The first kappa shape index (κ1) is 14.6. The van der Waals surface area contributed by atoms with Gasteiger partial charge >= 0.3 is 5.97 Å². The number of hydrogen-bond acceptors (Lipinski definition) is 4. The lowest BCUT2D eigenvalue weighted by Gasteiger charge is -2.08. The fraction of sp³-hybridized carbons (Fsp3) is 0.125. The molecular weight excluding hydrogens is 268 g/mol. The summed E-state index contributed by atoms with van der Waals surface area (Å²) in [5.41, 5.74) is 7.44. The molecule has 0 saturated carbocycles. The van der Waals surface area contributed by atoms with E-state index >= 15 is 0 Å². The minimum Gasteiger partial charge on any atom is -0.462 e. The van der Waals surface area contributed by atoms with Gasteiger partial charge in [-0.2, -0.15) is 0 Å². The van der Waals surface area contributed by atoms with Gasteiger partial charge in [0.2, 0.25) is 0 Å². The van der Waals surface area contributed by atoms with E-state index in [4.69, 9.17) is 10.5 Å². The first-order valence-corrected chi connectivity index (χ1v) is 6.55. The lowest BCUT2D eigenvalue weighted by Crippen LogP contribution is -2.14. The van der Waals surface area contributed by atoms with Crippen LogP contribution >= 0.6 is 0 Å². The van der Waals surface area contributed by atoms with Crippen molar-refractivity contribution in [2.45, 2.75) is 6.92 Å². The van der Waals surface area contributed by atoms with Gasteiger partial charge in [-0.1, -0.05) is 18.2 Å². The number of nitrogens with two attached hydrogens (primary N) is 1. The van der Waals surface area contributed by atoms with Gasteiger partial charge in [0, 0.05) is 11.4 Å². The smallest absolute Gasteiger partial charge is 0.338 e. The Hall–Kier alpha value is -2.82. The first-order valence-electron chi connectivity index (χ1n) is 6.55. The van der Waals surface area contributed by atoms with E-state index in [1.165, 1.54) is 0 Å². The van der Waals surface area contributed by atoms with Crippen molar-refractivity contribution in [1.82, 2.24) is 0 Å². The minimum absolute atomic E-state index is 0.302. The molecule has 2 aromatic rings. The lowest BCUT2D eigenvalue weighted by atomic mass is 10.1. The third-order valence-electron chi connectivity index (χ3n) is 2.84. The molecule has 0 radical (unpaired) electrons. The third kappa shape index (κ3) is 3.60. The van der Waals surface area contributed by atoms with Crippen molar-refractivity contribution >= 4 is 23.3 Å². The van der Waals surface area contributed by atoms with Gasteiger partial charge in [0.05, 0.1) is 17.7 Å². The normalized spacial score (nSPS) is 9.95. The molecule has 1 amide bonds. The van der Waals surface area contributed by atoms with Crippen LogP contribution < -0.4 is 11.1 Å². The molecule has 0 aliphatic heterocycles. The van der Waals surface area contributed by atoms with E-state index in [2.05, 4.69) is 5.32 Å². The average Bonchev–Trinajstić information content (AvgIpc) is 2.48. The quantitative estimate of drug-likeness (QED) is 0.668. The van der Waals surface area contributed by atoms with Crippen molar-refractivity contribution in [3.63, 3.8) is 0 Å². The van der Waals surface area contributed by atoms with Crippen molar-refractivity contribution in [2.75, 3.05) is 17.7 Å². The number of rotatable bonds is 4. The van der Waals surface area contributed by atoms with Crippen LogP contribution in [0.25, 0.3) is 0 Å². The van der Waals surface area contributed by atoms with Crippen LogP contribution in [0.5, 0.6) is 0 Å². The maximum Gasteiger partial charge on any atom is 0.338 e. The van der Waals surface area contributed by atoms with Gasteiger partial charge in [0.25, 0.3) is 5.91 Å². The molecule has 3 N–H and O–H groups in total. The molecule has 0 aliphatic rings. The van der Waals surface area contributed by atoms with Crippen LogP contribution in [-0.2, 0) is 4.74 Å². The standard InChI is InChI=1S/C16H16N2O3/c1-2-21-16(20)11-6-5-7-12(10-11)18-15(19)13-8-3-4-9-14(13)17/h3-10H,2,17H2,1H3,(H,18,19). The van der Waals surface area contributed by atoms with Crippen molar-refractivity contribution in [3.8, 4) is 0 Å². The number of ether oxygens (including phenoxy) is 1. The monoisotopic (exact) mass is 284 g/mol. The van der Waals surface area contributed by atoms with Crippen LogP contribution in [-0.4, -0.2) is 18.5 Å². The summed E-state index contributed by atoms with van der Waals surface area (Å²) in [6.45, 7) is 2.04. The summed E-state index contributed by atoms with van der Waals surface area (Å²) < 4.78 is 4.92. The second kappa shape index (κ2) is 6.56. The van der Waals surface area contributed by atoms with E-state index in [0.29, 0.717) is 29.1 Å². The van der Waals surface area contributed by atoms with Crippen LogP contribution in [0.3, 0.4) is 0 Å². The number of esters is 1. The highest BCUT2D eigenvalue weighted by Gasteiger charge is 2.11. The Labute approximate surface area is 122 Å². The molecule has 0 fully saturated rings. The zero-order chi connectivity index (χ0) is 15.2. The fourth-order valence-corrected chi connectivity index (χ4v) is 1.84. The van der Waals surface area contributed by atoms with Gasteiger partial charge < -0.3 is 15.8 Å². The highest BCUT2D eigenvalue weighted by Crippen LogP contribution is 2.16. The van der Waals surface area contributed by atoms with Gasteiger partial charge in [-0.3, -0.25) is 4.79 Å². The Kier molecular flexibility index (Phi) is 4.56. The Morgan fingerprint density at radius 1 is 1.14 bits per heavy atom. The first-order chi connectivity index (χ1) is 10.1. The molecule has 0 bridgehead atoms. The highest BCUT2D eigenvalue weighted by atomic mass is 16.5. The van der Waals surface area contributed by atoms with E-state index in [1.54, 1.807) is 55.5 Å². The molecule has 108 valence electrons. The van der Waals surface area contributed by atoms with Crippen molar-refractivity contribution < 1.29 is 14.3 Å². The second-order valence-electron chi connectivity index (χ2n) is 4.34. The summed E-state index contributed by atoms with van der Waals surface area (Å²) in [5, 5.41) is 2.71. The Balaban J connectivity index is 2.17. The molecule has 5 nitrogen and oxygen atoms in total. The van der Waals surface area contributed by atoms with Gasteiger partial charge in [-0.05, 0) is 37.3 Å². The minimum atomic E-state index is -0.423. The molecule has 0 atom stereocenters. The number of anilines is 2. The SMILES string of the molecule is CCOC(=O)c1cccc(NC(=O)c2ccccc2N)c1. The van der Waals surface area contributed by atoms with Crippen LogP contribution in [0.15, 0.2) is 48.5 Å². The zero-order valence-electron chi connectivity index (χ0n) is 11.6. The topological polar surface area (TPSA) is 81.4 Å². The maximum atomic E-state index is 12.1. The number of carbonyl (C=O) groups is 2. The molecule has 2 aromatic carbocycles. The van der Waals surface area contributed by atoms with Crippen LogP contribution in [0, 0.1) is 0 Å². The molecule has 0 spiro atoms. The average molecular weight is 284 g/mol. The number of amides is 1. The number of para-hydroxylation sites is 1. The molecular formula is C16H16N2O3. The molecule has 0 aromatic heterocycles. The number of benzene rings is 2. The molecule has 0 heterocycles. The zero-order valence-corrected chi connectivity index (χ0v) is 11.6. The summed E-state index contributed by atoms with van der Waals surface area (Å²) in [7, 11) is 0. The number of carbonyl (C=O) groups excluding carboxylic acids is 2. The maximum absolute atomic E-state index is 12.1. The number of nitrogen functional groups attached to an aromatic ring is 1. The fourth-order valence-electron chi connectivity index (χ4n) is 1.84. The largest absolute Gasteiger partial charge is 0.462 e. The van der Waals surface area contributed by atoms with E-state index in [-0.39, 0.29) is 5.91 Å². The van der Waals surface area contributed by atoms with E-state index in [9.17, 15) is 9.59 Å². The molecule has 0 saturated heterocycles. The Morgan fingerprint density at radius 3 is 2.62 bits per heavy atom. The van der Waals surface area contributed by atoms with Gasteiger partial charge in [-0.25, -0.2) is 4.79 Å². The van der Waals surface area contributed by atoms with E-state index in [0.717, 1.165) is 0 Å². The summed E-state index contributed by atoms with van der Waals surface area (Å²) >= 11 is 0. The highest BCUT2D eigenvalue weighted by molar-refractivity contribution is 6.08. The lowest BCUT2D eigenvalue weighted by molar-refractivity contribution is 0.0526. The van der Waals surface area contributed by atoms with Crippen molar-refractivity contribution in [1.29, 1.82) is 0 Å². The van der Waals surface area contributed by atoms with Gasteiger partial charge in [0.15, 0.2) is 0 Å². The van der Waals surface area contributed by atoms with Crippen LogP contribution in [0.2, 0.25) is 0 Å². The number of nitrogens with one attached hydrogen (secondary N) is 1. The van der Waals surface area contributed by atoms with Crippen LogP contribution in [0.4, 0.5) is 11.4 Å². The van der Waals surface area contributed by atoms with Gasteiger partial charge in [0.1, 0.15) is 0 Å². The molecule has 2 rings (SSSR count). The summed E-state index contributed by atoms with van der Waals surface area (Å²) in [4.78, 5) is 23.8. The summed E-state index contributed by atoms with van der Waals surface area (Å²) in [5.74, 6) is -0.748. The molecule has 21 heavy (non-hydrogen) atoms. The van der Waals surface area contributed by atoms with Crippen molar-refractivity contribution in [3.05, 3.63) is 59.7 Å². The van der Waals surface area contributed by atoms with E-state index in [1.807, 2.05) is 0 Å². The Morgan fingerprint density at radius 2 is 1.90 bits per heavy atom. The van der Waals surface area contributed by atoms with E-state index < -0.39 is 5.97 Å². The van der Waals surface area contributed by atoms with Crippen LogP contribution in [0.1, 0.15) is 27.6 Å². The Bertz CT molecular complexity index is 668. The predicted molar refractivity (Wildman–Crippen MR) is 81.2 cm³/mol. The molecule has 5 heteroatoms. The molecule has 0 aliphatic carbocycles. The third-order valence-corrected chi connectivity index (χ3v) is 2.84. The van der Waals surface area contributed by atoms with Gasteiger partial charge in [-0.15, -0.1) is 0 Å². The second-order valence-corrected chi connectivity index (χ2v) is 4.34. The van der Waals surface area contributed by atoms with Crippen molar-refractivity contribution in [2.24, 2.45) is 0 Å².